The van der Waals surface area contributed by atoms with E-state index in [0.717, 1.165) is 31.5 Å². The van der Waals surface area contributed by atoms with E-state index in [-0.39, 0.29) is 22.8 Å². The Labute approximate surface area is 181 Å². The number of carbonyl (C=O) groups is 1. The first-order valence-electron chi connectivity index (χ1n) is 10.4. The first kappa shape index (κ1) is 19.4. The Balaban J connectivity index is 1.56. The summed E-state index contributed by atoms with van der Waals surface area (Å²) < 4.78 is 7.25. The Bertz CT molecular complexity index is 1080. The summed E-state index contributed by atoms with van der Waals surface area (Å²) in [7, 11) is 0. The van der Waals surface area contributed by atoms with Gasteiger partial charge in [0.1, 0.15) is 11.4 Å². The topological polar surface area (TPSA) is 51.3 Å². The van der Waals surface area contributed by atoms with Gasteiger partial charge in [-0.3, -0.25) is 4.79 Å². The molecule has 156 valence electrons. The van der Waals surface area contributed by atoms with Gasteiger partial charge in [0.15, 0.2) is 5.76 Å². The fraction of sp³-hybridized carbons (Fsp3) is 0.417. The van der Waals surface area contributed by atoms with E-state index in [0.29, 0.717) is 22.2 Å². The van der Waals surface area contributed by atoms with Crippen LogP contribution in [-0.2, 0) is 0 Å². The van der Waals surface area contributed by atoms with Crippen LogP contribution in [0.15, 0.2) is 53.1 Å². The number of fused-ring (bicyclic) bond motifs is 2. The predicted octanol–water partition coefficient (Wildman–Crippen LogP) is 5.83. The zero-order chi connectivity index (χ0) is 21.1. The predicted molar refractivity (Wildman–Crippen MR) is 117 cm³/mol. The number of aromatic nitrogens is 2. The number of likely N-dealkylation sites (tertiary alicyclic amines) is 1. The molecule has 1 aliphatic heterocycles. The summed E-state index contributed by atoms with van der Waals surface area (Å²) in [5.74, 6) is 0.673. The van der Waals surface area contributed by atoms with Crippen LogP contribution in [0.25, 0.3) is 17.1 Å². The minimum atomic E-state index is 0.0293. The van der Waals surface area contributed by atoms with Crippen molar-refractivity contribution in [2.45, 2.75) is 46.1 Å². The molecular weight excluding hydrogens is 398 g/mol. The summed E-state index contributed by atoms with van der Waals surface area (Å²) in [4.78, 5) is 15.9. The van der Waals surface area contributed by atoms with Crippen LogP contribution in [0.2, 0.25) is 5.02 Å². The van der Waals surface area contributed by atoms with Crippen LogP contribution >= 0.6 is 11.6 Å². The van der Waals surface area contributed by atoms with Crippen molar-refractivity contribution in [3.8, 4) is 17.1 Å². The molecule has 2 bridgehead atoms. The number of furan rings is 1. The van der Waals surface area contributed by atoms with Crippen LogP contribution < -0.4 is 0 Å². The second-order valence-electron chi connectivity index (χ2n) is 9.93. The molecule has 1 saturated heterocycles. The van der Waals surface area contributed by atoms with Gasteiger partial charge < -0.3 is 9.32 Å². The third-order valence-electron chi connectivity index (χ3n) is 6.45. The van der Waals surface area contributed by atoms with Crippen molar-refractivity contribution in [3.05, 3.63) is 59.4 Å². The summed E-state index contributed by atoms with van der Waals surface area (Å²) in [6.45, 7) is 7.75. The molecule has 3 aromatic rings. The number of hydrogen-bond acceptors (Lipinski definition) is 3. The summed E-state index contributed by atoms with van der Waals surface area (Å²) in [5.41, 5.74) is 2.43. The lowest BCUT2D eigenvalue weighted by atomic mass is 9.65. The highest BCUT2D eigenvalue weighted by molar-refractivity contribution is 6.30. The van der Waals surface area contributed by atoms with Crippen molar-refractivity contribution in [2.24, 2.45) is 10.8 Å². The number of halogens is 1. The highest BCUT2D eigenvalue weighted by Gasteiger charge is 2.51. The number of hydrogen-bond donors (Lipinski definition) is 0. The Hall–Kier alpha value is -2.53. The minimum absolute atomic E-state index is 0.0293. The van der Waals surface area contributed by atoms with Crippen molar-refractivity contribution in [1.82, 2.24) is 14.7 Å². The monoisotopic (exact) mass is 423 g/mol. The van der Waals surface area contributed by atoms with E-state index < -0.39 is 0 Å². The maximum atomic E-state index is 13.8. The van der Waals surface area contributed by atoms with Gasteiger partial charge in [-0.1, -0.05) is 32.4 Å². The van der Waals surface area contributed by atoms with E-state index in [1.165, 1.54) is 0 Å². The van der Waals surface area contributed by atoms with Gasteiger partial charge in [-0.15, -0.1) is 0 Å². The van der Waals surface area contributed by atoms with E-state index in [1.54, 1.807) is 10.9 Å². The number of nitrogens with zero attached hydrogens (tertiary/aromatic N) is 3. The molecule has 0 radical (unpaired) electrons. The highest BCUT2D eigenvalue weighted by atomic mass is 35.5. The second-order valence-corrected chi connectivity index (χ2v) is 10.4. The third kappa shape index (κ3) is 3.35. The molecule has 2 aliphatic rings. The summed E-state index contributed by atoms with van der Waals surface area (Å²) in [5, 5.41) is 5.36. The van der Waals surface area contributed by atoms with Gasteiger partial charge in [0.05, 0.1) is 12.0 Å². The van der Waals surface area contributed by atoms with Gasteiger partial charge in [0, 0.05) is 23.7 Å². The van der Waals surface area contributed by atoms with Gasteiger partial charge in [-0.05, 0) is 66.5 Å². The summed E-state index contributed by atoms with van der Waals surface area (Å²) in [6, 6.07) is 13.2. The molecular formula is C24H26ClN3O2. The lowest BCUT2D eigenvalue weighted by molar-refractivity contribution is 0.0699. The molecule has 30 heavy (non-hydrogen) atoms. The molecule has 3 heterocycles. The lowest BCUT2D eigenvalue weighted by Crippen LogP contribution is -2.38. The standard InChI is InChI=1S/C24H26ClN3O2/c1-23(2)12-18-13-24(3,14-23)15-27(18)22(29)20-11-19(21-5-4-10-30-21)26-28(20)17-8-6-16(25)7-9-17/h4-11,18H,12-15H2,1-3H3/t18-,24-/m1/s1. The second kappa shape index (κ2) is 6.74. The molecule has 1 aliphatic carbocycles. The van der Waals surface area contributed by atoms with E-state index in [1.807, 2.05) is 42.5 Å². The molecule has 2 fully saturated rings. The van der Waals surface area contributed by atoms with E-state index in [9.17, 15) is 4.79 Å². The van der Waals surface area contributed by atoms with Gasteiger partial charge >= 0.3 is 0 Å². The van der Waals surface area contributed by atoms with E-state index in [4.69, 9.17) is 21.1 Å². The third-order valence-corrected chi connectivity index (χ3v) is 6.70. The fourth-order valence-electron chi connectivity index (χ4n) is 5.70. The molecule has 1 aromatic carbocycles. The first-order valence-corrected chi connectivity index (χ1v) is 10.8. The molecule has 1 amide bonds. The SMILES string of the molecule is CC1(C)C[C@@H]2C[C@@](C)(CN2C(=O)c2cc(-c3ccco3)nn2-c2ccc(Cl)cc2)C1. The lowest BCUT2D eigenvalue weighted by Gasteiger charge is -2.39. The van der Waals surface area contributed by atoms with Gasteiger partial charge in [0.25, 0.3) is 5.91 Å². The molecule has 5 nitrogen and oxygen atoms in total. The van der Waals surface area contributed by atoms with Gasteiger partial charge in [-0.2, -0.15) is 5.10 Å². The average Bonchev–Trinajstić information content (AvgIpc) is 3.38. The quantitative estimate of drug-likeness (QED) is 0.532. The highest BCUT2D eigenvalue weighted by Crippen LogP contribution is 2.52. The molecule has 6 heteroatoms. The Morgan fingerprint density at radius 2 is 1.93 bits per heavy atom. The van der Waals surface area contributed by atoms with Crippen molar-refractivity contribution < 1.29 is 9.21 Å². The average molecular weight is 424 g/mol. The van der Waals surface area contributed by atoms with Crippen LogP contribution in [0.1, 0.15) is 50.5 Å². The molecule has 1 saturated carbocycles. The Morgan fingerprint density at radius 1 is 1.17 bits per heavy atom. The summed E-state index contributed by atoms with van der Waals surface area (Å²) >= 11 is 6.07. The maximum Gasteiger partial charge on any atom is 0.272 e. The smallest absolute Gasteiger partial charge is 0.272 e. The van der Waals surface area contributed by atoms with Crippen LogP contribution in [0.5, 0.6) is 0 Å². The maximum absolute atomic E-state index is 13.8. The number of carbonyl (C=O) groups excluding carboxylic acids is 1. The molecule has 0 unspecified atom stereocenters. The fourth-order valence-corrected chi connectivity index (χ4v) is 5.83. The molecule has 2 aromatic heterocycles. The first-order chi connectivity index (χ1) is 14.2. The Morgan fingerprint density at radius 3 is 2.63 bits per heavy atom. The number of rotatable bonds is 3. The van der Waals surface area contributed by atoms with Crippen LogP contribution in [0, 0.1) is 10.8 Å². The molecule has 2 atom stereocenters. The van der Waals surface area contributed by atoms with Crippen LogP contribution in [0.3, 0.4) is 0 Å². The van der Waals surface area contributed by atoms with Gasteiger partial charge in [-0.25, -0.2) is 4.68 Å². The van der Waals surface area contributed by atoms with Crippen LogP contribution in [0.4, 0.5) is 0 Å². The number of benzene rings is 1. The van der Waals surface area contributed by atoms with E-state index >= 15 is 0 Å². The Kier molecular flexibility index (Phi) is 4.37. The van der Waals surface area contributed by atoms with Crippen molar-refractivity contribution >= 4 is 17.5 Å². The zero-order valence-electron chi connectivity index (χ0n) is 17.6. The molecule has 0 spiro atoms. The van der Waals surface area contributed by atoms with Crippen LogP contribution in [-0.4, -0.2) is 33.2 Å². The van der Waals surface area contributed by atoms with Gasteiger partial charge in [0.2, 0.25) is 0 Å². The minimum Gasteiger partial charge on any atom is -0.463 e. The van der Waals surface area contributed by atoms with Crippen molar-refractivity contribution in [1.29, 1.82) is 0 Å². The largest absolute Gasteiger partial charge is 0.463 e. The molecule has 5 rings (SSSR count). The summed E-state index contributed by atoms with van der Waals surface area (Å²) in [6.07, 6.45) is 4.87. The number of amides is 1. The van der Waals surface area contributed by atoms with Crippen molar-refractivity contribution in [3.63, 3.8) is 0 Å². The van der Waals surface area contributed by atoms with E-state index in [2.05, 4.69) is 25.7 Å². The normalized spacial score (nSPS) is 24.9. The molecule has 0 N–H and O–H groups in total. The zero-order valence-corrected chi connectivity index (χ0v) is 18.3. The van der Waals surface area contributed by atoms with Crippen molar-refractivity contribution in [2.75, 3.05) is 6.54 Å².